The summed E-state index contributed by atoms with van der Waals surface area (Å²) in [6.45, 7) is 12.0. The highest BCUT2D eigenvalue weighted by Gasteiger charge is 1.87. The number of rotatable bonds is 0. The third-order valence-corrected chi connectivity index (χ3v) is 1.08. The van der Waals surface area contributed by atoms with Gasteiger partial charge in [0.2, 0.25) is 0 Å². The van der Waals surface area contributed by atoms with Gasteiger partial charge in [0, 0.05) is 7.12 Å². The fourth-order valence-electron chi connectivity index (χ4n) is 0.411. The number of H-pyrrole nitrogens is 1. The molecule has 2 nitrogen and oxygen atoms in total. The summed E-state index contributed by atoms with van der Waals surface area (Å²) < 4.78 is 0. The largest absolute Gasteiger partial charge is 0.283 e. The number of hydrogen-bond acceptors (Lipinski definition) is 1. The van der Waals surface area contributed by atoms with E-state index in [-0.39, 0.29) is 1.43 Å². The maximum absolute atomic E-state index is 3.80. The van der Waals surface area contributed by atoms with E-state index in [1.54, 1.807) is 0 Å². The Kier molecular flexibility index (Phi) is 10.8. The highest BCUT2D eigenvalue weighted by atomic mass is 15.1. The Hall–Kier alpha value is -0.790. The molecule has 0 fully saturated rings. The zero-order valence-corrected chi connectivity index (χ0v) is 8.52. The lowest BCUT2D eigenvalue weighted by Gasteiger charge is -1.78. The Morgan fingerprint density at radius 1 is 1.18 bits per heavy atom. The van der Waals surface area contributed by atoms with Crippen molar-refractivity contribution < 1.29 is 1.43 Å². The van der Waals surface area contributed by atoms with Crippen molar-refractivity contribution in [1.29, 1.82) is 0 Å². The fourth-order valence-corrected chi connectivity index (χ4v) is 0.411. The summed E-state index contributed by atoms with van der Waals surface area (Å²) in [5.74, 6) is 0. The number of aryl methyl sites for hydroxylation is 2. The average Bonchev–Trinajstić information content (AvgIpc) is 2.44. The van der Waals surface area contributed by atoms with E-state index in [4.69, 9.17) is 0 Å². The minimum atomic E-state index is 0. The molecule has 68 valence electrons. The molecule has 0 amide bonds. The van der Waals surface area contributed by atoms with Crippen LogP contribution in [0.4, 0.5) is 0 Å². The van der Waals surface area contributed by atoms with Crippen LogP contribution in [-0.4, -0.2) is 10.2 Å². The first-order chi connectivity index (χ1) is 5.30. The first-order valence-corrected chi connectivity index (χ1v) is 4.27. The van der Waals surface area contributed by atoms with Crippen molar-refractivity contribution >= 4 is 0 Å². The smallest absolute Gasteiger partial charge is 0.0519 e. The lowest BCUT2D eigenvalue weighted by molar-refractivity contribution is 1.04. The van der Waals surface area contributed by atoms with Crippen LogP contribution in [0.5, 0.6) is 0 Å². The molecule has 0 aromatic carbocycles. The Morgan fingerprint density at radius 3 is 1.73 bits per heavy atom. The van der Waals surface area contributed by atoms with Gasteiger partial charge >= 0.3 is 0 Å². The minimum absolute atomic E-state index is 0. The van der Waals surface area contributed by atoms with Gasteiger partial charge in [-0.15, -0.1) is 0 Å². The number of aromatic amines is 1. The zero-order chi connectivity index (χ0) is 9.28. The quantitative estimate of drug-likeness (QED) is 0.616. The molecule has 0 aliphatic heterocycles. The van der Waals surface area contributed by atoms with Gasteiger partial charge < -0.3 is 0 Å². The van der Waals surface area contributed by atoms with Crippen molar-refractivity contribution in [3.63, 3.8) is 0 Å². The molecular formula is C9H22N2. The third kappa shape index (κ3) is 5.64. The van der Waals surface area contributed by atoms with Crippen molar-refractivity contribution in [1.82, 2.24) is 10.2 Å². The van der Waals surface area contributed by atoms with E-state index in [2.05, 4.69) is 10.2 Å². The van der Waals surface area contributed by atoms with Gasteiger partial charge in [0.05, 0.1) is 6.20 Å². The normalized spacial score (nSPS) is 7.09. The maximum Gasteiger partial charge on any atom is 0.0519 e. The summed E-state index contributed by atoms with van der Waals surface area (Å²) in [5, 5.41) is 6.61. The zero-order valence-electron chi connectivity index (χ0n) is 8.52. The van der Waals surface area contributed by atoms with E-state index >= 15 is 0 Å². The molecule has 0 atom stereocenters. The first-order valence-electron chi connectivity index (χ1n) is 4.27. The van der Waals surface area contributed by atoms with Crippen LogP contribution in [0, 0.1) is 13.8 Å². The SMILES string of the molecule is CC.CC.Cc1cn[nH]c1C.[HH]. The summed E-state index contributed by atoms with van der Waals surface area (Å²) in [4.78, 5) is 0. The van der Waals surface area contributed by atoms with Crippen LogP contribution in [0.15, 0.2) is 6.20 Å². The van der Waals surface area contributed by atoms with Crippen molar-refractivity contribution in [2.45, 2.75) is 41.5 Å². The molecule has 0 saturated heterocycles. The summed E-state index contributed by atoms with van der Waals surface area (Å²) in [5.41, 5.74) is 2.38. The predicted octanol–water partition coefficient (Wildman–Crippen LogP) is 3.32. The van der Waals surface area contributed by atoms with Crippen LogP contribution in [0.3, 0.4) is 0 Å². The van der Waals surface area contributed by atoms with Crippen molar-refractivity contribution in [3.05, 3.63) is 17.5 Å². The summed E-state index contributed by atoms with van der Waals surface area (Å²) in [6.07, 6.45) is 1.81. The van der Waals surface area contributed by atoms with E-state index in [0.717, 1.165) is 5.69 Å². The number of nitrogens with zero attached hydrogens (tertiary/aromatic N) is 1. The van der Waals surface area contributed by atoms with E-state index in [9.17, 15) is 0 Å². The fraction of sp³-hybridized carbons (Fsp3) is 0.667. The van der Waals surface area contributed by atoms with E-state index in [0.29, 0.717) is 0 Å². The molecule has 1 N–H and O–H groups in total. The molecule has 2 heteroatoms. The predicted molar refractivity (Wildman–Crippen MR) is 52.9 cm³/mol. The van der Waals surface area contributed by atoms with Gasteiger partial charge in [0.15, 0.2) is 0 Å². The van der Waals surface area contributed by atoms with Gasteiger partial charge in [-0.3, -0.25) is 5.10 Å². The molecule has 1 aromatic heterocycles. The van der Waals surface area contributed by atoms with Gasteiger partial charge in [-0.25, -0.2) is 0 Å². The topological polar surface area (TPSA) is 28.7 Å². The first kappa shape index (κ1) is 12.8. The molecule has 1 aromatic rings. The lowest BCUT2D eigenvalue weighted by atomic mass is 10.3. The van der Waals surface area contributed by atoms with E-state index in [1.807, 2.05) is 47.7 Å². The molecule has 0 unspecified atom stereocenters. The molecule has 1 rings (SSSR count). The summed E-state index contributed by atoms with van der Waals surface area (Å²) >= 11 is 0. The second-order valence-corrected chi connectivity index (χ2v) is 1.68. The van der Waals surface area contributed by atoms with Gasteiger partial charge in [0.25, 0.3) is 0 Å². The van der Waals surface area contributed by atoms with Crippen LogP contribution in [0.25, 0.3) is 0 Å². The molecule has 1 heterocycles. The Labute approximate surface area is 71.5 Å². The number of nitrogens with one attached hydrogen (secondary N) is 1. The highest BCUT2D eigenvalue weighted by Crippen LogP contribution is 1.96. The van der Waals surface area contributed by atoms with Gasteiger partial charge in [0.1, 0.15) is 0 Å². The van der Waals surface area contributed by atoms with Crippen LogP contribution in [-0.2, 0) is 0 Å². The van der Waals surface area contributed by atoms with Crippen molar-refractivity contribution in [2.24, 2.45) is 0 Å². The second-order valence-electron chi connectivity index (χ2n) is 1.68. The van der Waals surface area contributed by atoms with Crippen molar-refractivity contribution in [2.75, 3.05) is 0 Å². The highest BCUT2D eigenvalue weighted by molar-refractivity contribution is 5.10. The van der Waals surface area contributed by atoms with Crippen LogP contribution in [0.1, 0.15) is 40.4 Å². The van der Waals surface area contributed by atoms with Gasteiger partial charge in [-0.2, -0.15) is 5.10 Å². The Balaban J connectivity index is -0.000000144. The van der Waals surface area contributed by atoms with Crippen LogP contribution >= 0.6 is 0 Å². The van der Waals surface area contributed by atoms with Crippen LogP contribution < -0.4 is 0 Å². The Bertz CT molecular complexity index is 145. The standard InChI is InChI=1S/C5H8N2.2C2H6.H2/c1-4-3-6-7-5(4)2;2*1-2;/h3H,1-2H3,(H,6,7);2*1-2H3;1H. The Morgan fingerprint density at radius 2 is 1.64 bits per heavy atom. The average molecular weight is 158 g/mol. The monoisotopic (exact) mass is 158 g/mol. The molecular weight excluding hydrogens is 136 g/mol. The van der Waals surface area contributed by atoms with Crippen molar-refractivity contribution in [3.8, 4) is 0 Å². The molecule has 11 heavy (non-hydrogen) atoms. The maximum atomic E-state index is 3.80. The molecule has 0 bridgehead atoms. The summed E-state index contributed by atoms with van der Waals surface area (Å²) in [7, 11) is 0. The molecule has 0 aliphatic rings. The summed E-state index contributed by atoms with van der Waals surface area (Å²) in [6, 6.07) is 0. The second kappa shape index (κ2) is 9.21. The molecule has 0 radical (unpaired) electrons. The minimum Gasteiger partial charge on any atom is -0.283 e. The lowest BCUT2D eigenvalue weighted by Crippen LogP contribution is -1.70. The number of aromatic nitrogens is 2. The van der Waals surface area contributed by atoms with Gasteiger partial charge in [-0.1, -0.05) is 27.7 Å². The van der Waals surface area contributed by atoms with E-state index in [1.165, 1.54) is 5.56 Å². The molecule has 0 aliphatic carbocycles. The number of hydrogen-bond donors (Lipinski definition) is 1. The third-order valence-electron chi connectivity index (χ3n) is 1.08. The molecule has 0 spiro atoms. The van der Waals surface area contributed by atoms with Crippen LogP contribution in [0.2, 0.25) is 0 Å². The van der Waals surface area contributed by atoms with E-state index < -0.39 is 0 Å². The molecule has 0 saturated carbocycles. The van der Waals surface area contributed by atoms with Gasteiger partial charge in [-0.05, 0) is 19.4 Å².